The van der Waals surface area contributed by atoms with Crippen molar-refractivity contribution in [3.05, 3.63) is 65.0 Å². The molecule has 0 bridgehead atoms. The molecule has 1 aliphatic carbocycles. The van der Waals surface area contributed by atoms with Gasteiger partial charge in [-0.2, -0.15) is 4.31 Å². The molecule has 1 saturated carbocycles. The summed E-state index contributed by atoms with van der Waals surface area (Å²) in [7, 11) is -3.82. The third-order valence-electron chi connectivity index (χ3n) is 6.23. The lowest BCUT2D eigenvalue weighted by atomic mass is 10.1. The quantitative estimate of drug-likeness (QED) is 0.595. The van der Waals surface area contributed by atoms with Crippen LogP contribution in [-0.2, 0) is 21.5 Å². The summed E-state index contributed by atoms with van der Waals surface area (Å²) >= 11 is 0. The van der Waals surface area contributed by atoms with Crippen LogP contribution in [0.2, 0.25) is 0 Å². The Morgan fingerprint density at radius 2 is 2.03 bits per heavy atom. The molecule has 2 aromatic heterocycles. The van der Waals surface area contributed by atoms with Crippen LogP contribution in [0.1, 0.15) is 29.6 Å². The lowest BCUT2D eigenvalue weighted by molar-refractivity contribution is 0.0366. The maximum Gasteiger partial charge on any atom is 0.343 e. The van der Waals surface area contributed by atoms with Gasteiger partial charge in [0.15, 0.2) is 6.73 Å². The van der Waals surface area contributed by atoms with Crippen molar-refractivity contribution >= 4 is 26.8 Å². The topological polar surface area (TPSA) is 125 Å². The summed E-state index contributed by atoms with van der Waals surface area (Å²) in [5.74, 6) is -0.628. The largest absolute Gasteiger partial charge is 0.472 e. The van der Waals surface area contributed by atoms with E-state index in [0.717, 1.165) is 12.8 Å². The van der Waals surface area contributed by atoms with Gasteiger partial charge in [0.25, 0.3) is 5.56 Å². The van der Waals surface area contributed by atoms with E-state index in [1.54, 1.807) is 18.2 Å². The molecule has 0 radical (unpaired) electrons. The zero-order chi connectivity index (χ0) is 21.8. The number of benzene rings is 1. The highest BCUT2D eigenvalue weighted by atomic mass is 32.2. The van der Waals surface area contributed by atoms with Crippen LogP contribution in [-0.4, -0.2) is 41.4 Å². The first-order valence-corrected chi connectivity index (χ1v) is 11.4. The average Bonchev–Trinajstić information content (AvgIpc) is 3.21. The number of nitrogens with two attached hydrogens (primary N) is 1. The summed E-state index contributed by atoms with van der Waals surface area (Å²) in [4.78, 5) is 25.0. The number of esters is 1. The molecule has 1 aliphatic heterocycles. The third-order valence-corrected chi connectivity index (χ3v) is 8.27. The van der Waals surface area contributed by atoms with Crippen molar-refractivity contribution in [2.75, 3.05) is 6.54 Å². The van der Waals surface area contributed by atoms with E-state index in [0.29, 0.717) is 18.4 Å². The standard InChI is InChI=1S/C21H21N3O6S/c22-18-5-10-24(21(18)7-8-21)31(27,28)17-3-1-2-16-15(17)4-9-23(19(16)25)13-30-20(26)14-6-11-29-12-14/h1-4,6,9,11-12,18H,5,7-8,10,13,22H2/t18-/m1/s1. The molecule has 5 rings (SSSR count). The Kier molecular flexibility index (Phi) is 4.54. The summed E-state index contributed by atoms with van der Waals surface area (Å²) in [5, 5.41) is 0.567. The van der Waals surface area contributed by atoms with Crippen LogP contribution in [0, 0.1) is 0 Å². The lowest BCUT2D eigenvalue weighted by Gasteiger charge is -2.26. The maximum absolute atomic E-state index is 13.5. The van der Waals surface area contributed by atoms with Gasteiger partial charge in [-0.3, -0.25) is 9.36 Å². The number of hydrogen-bond acceptors (Lipinski definition) is 7. The normalized spacial score (nSPS) is 20.4. The molecule has 9 nitrogen and oxygen atoms in total. The van der Waals surface area contributed by atoms with E-state index in [-0.39, 0.29) is 28.6 Å². The van der Waals surface area contributed by atoms with Crippen molar-refractivity contribution in [3.8, 4) is 0 Å². The first-order chi connectivity index (χ1) is 14.8. The Labute approximate surface area is 178 Å². The number of ether oxygens (including phenoxy) is 1. The molecule has 1 atom stereocenters. The molecule has 10 heteroatoms. The molecule has 1 spiro atoms. The van der Waals surface area contributed by atoms with Gasteiger partial charge in [-0.15, -0.1) is 0 Å². The number of aromatic nitrogens is 1. The summed E-state index contributed by atoms with van der Waals surface area (Å²) in [6.07, 6.45) is 6.16. The van der Waals surface area contributed by atoms with Crippen LogP contribution in [0.5, 0.6) is 0 Å². The van der Waals surface area contributed by atoms with Crippen molar-refractivity contribution in [2.45, 2.75) is 42.5 Å². The molecule has 162 valence electrons. The molecule has 1 saturated heterocycles. The van der Waals surface area contributed by atoms with E-state index in [4.69, 9.17) is 14.9 Å². The molecular formula is C21H21N3O6S. The number of carbonyl (C=O) groups is 1. The minimum atomic E-state index is -3.82. The molecule has 31 heavy (non-hydrogen) atoms. The van der Waals surface area contributed by atoms with Crippen LogP contribution >= 0.6 is 0 Å². The molecule has 1 aromatic carbocycles. The Bertz CT molecular complexity index is 1320. The number of rotatable bonds is 5. The number of nitrogens with zero attached hydrogens (tertiary/aromatic N) is 2. The minimum absolute atomic E-state index is 0.0880. The number of furan rings is 1. The summed E-state index contributed by atoms with van der Waals surface area (Å²) in [5.41, 5.74) is 5.48. The molecule has 2 aliphatic rings. The van der Waals surface area contributed by atoms with Crippen LogP contribution < -0.4 is 11.3 Å². The Morgan fingerprint density at radius 1 is 1.23 bits per heavy atom. The van der Waals surface area contributed by atoms with E-state index < -0.39 is 27.1 Å². The van der Waals surface area contributed by atoms with Crippen LogP contribution in [0.15, 0.2) is 63.2 Å². The minimum Gasteiger partial charge on any atom is -0.472 e. The fourth-order valence-corrected chi connectivity index (χ4v) is 6.45. The smallest absolute Gasteiger partial charge is 0.343 e. The Hall–Kier alpha value is -2.95. The van der Waals surface area contributed by atoms with E-state index in [1.165, 1.54) is 39.7 Å². The van der Waals surface area contributed by atoms with Gasteiger partial charge in [-0.25, -0.2) is 13.2 Å². The second-order valence-electron chi connectivity index (χ2n) is 7.96. The zero-order valence-electron chi connectivity index (χ0n) is 16.6. The van der Waals surface area contributed by atoms with Crippen LogP contribution in [0.4, 0.5) is 0 Å². The molecule has 0 amide bonds. The van der Waals surface area contributed by atoms with Crippen molar-refractivity contribution in [1.82, 2.24) is 8.87 Å². The van der Waals surface area contributed by atoms with Crippen LogP contribution in [0.25, 0.3) is 10.8 Å². The zero-order valence-corrected chi connectivity index (χ0v) is 17.4. The van der Waals surface area contributed by atoms with Crippen LogP contribution in [0.3, 0.4) is 0 Å². The van der Waals surface area contributed by atoms with E-state index in [2.05, 4.69) is 0 Å². The number of pyridine rings is 1. The highest BCUT2D eigenvalue weighted by molar-refractivity contribution is 7.89. The monoisotopic (exact) mass is 443 g/mol. The molecule has 0 unspecified atom stereocenters. The van der Waals surface area contributed by atoms with Gasteiger partial charge in [0.1, 0.15) is 6.26 Å². The Morgan fingerprint density at radius 3 is 2.74 bits per heavy atom. The van der Waals surface area contributed by atoms with Gasteiger partial charge in [-0.05, 0) is 43.5 Å². The molecule has 2 fully saturated rings. The average molecular weight is 443 g/mol. The van der Waals surface area contributed by atoms with Crippen molar-refractivity contribution in [3.63, 3.8) is 0 Å². The predicted octanol–water partition coefficient (Wildman–Crippen LogP) is 1.66. The van der Waals surface area contributed by atoms with Gasteiger partial charge in [0.05, 0.1) is 22.3 Å². The van der Waals surface area contributed by atoms with Gasteiger partial charge >= 0.3 is 5.97 Å². The lowest BCUT2D eigenvalue weighted by Crippen LogP contribution is -2.44. The van der Waals surface area contributed by atoms with Gasteiger partial charge in [0, 0.05) is 29.6 Å². The number of carbonyl (C=O) groups excluding carboxylic acids is 1. The van der Waals surface area contributed by atoms with Crippen molar-refractivity contribution in [1.29, 1.82) is 0 Å². The first-order valence-electron chi connectivity index (χ1n) is 9.94. The second-order valence-corrected chi connectivity index (χ2v) is 9.79. The maximum atomic E-state index is 13.5. The summed E-state index contributed by atoms with van der Waals surface area (Å²) in [6.45, 7) is 0.0702. The van der Waals surface area contributed by atoms with Crippen molar-refractivity contribution < 1.29 is 22.4 Å². The highest BCUT2D eigenvalue weighted by Crippen LogP contribution is 2.51. The third kappa shape index (κ3) is 3.10. The fraction of sp³-hybridized carbons (Fsp3) is 0.333. The number of hydrogen-bond donors (Lipinski definition) is 1. The van der Waals surface area contributed by atoms with E-state index >= 15 is 0 Å². The van der Waals surface area contributed by atoms with Gasteiger partial charge in [0.2, 0.25) is 10.0 Å². The van der Waals surface area contributed by atoms with E-state index in [1.807, 2.05) is 0 Å². The van der Waals surface area contributed by atoms with E-state index in [9.17, 15) is 18.0 Å². The molecule has 2 N–H and O–H groups in total. The molecular weight excluding hydrogens is 422 g/mol. The van der Waals surface area contributed by atoms with Crippen molar-refractivity contribution in [2.24, 2.45) is 5.73 Å². The molecule has 3 aromatic rings. The molecule has 3 heterocycles. The first kappa shape index (κ1) is 20.0. The number of sulfonamides is 1. The predicted molar refractivity (Wildman–Crippen MR) is 111 cm³/mol. The SMILES string of the molecule is N[C@@H]1CCN(S(=O)(=O)c2cccc3c(=O)n(COC(=O)c4ccoc4)ccc23)C12CC2. The summed E-state index contributed by atoms with van der Waals surface area (Å²) < 4.78 is 39.7. The number of fused-ring (bicyclic) bond motifs is 1. The summed E-state index contributed by atoms with van der Waals surface area (Å²) in [6, 6.07) is 7.48. The second kappa shape index (κ2) is 7.04. The van der Waals surface area contributed by atoms with Gasteiger partial charge < -0.3 is 14.9 Å². The van der Waals surface area contributed by atoms with Gasteiger partial charge in [-0.1, -0.05) is 6.07 Å². The Balaban J connectivity index is 1.48. The highest BCUT2D eigenvalue weighted by Gasteiger charge is 2.60. The fourth-order valence-electron chi connectivity index (χ4n) is 4.37.